The van der Waals surface area contributed by atoms with Crippen molar-refractivity contribution in [1.29, 1.82) is 0 Å². The van der Waals surface area contributed by atoms with Gasteiger partial charge >= 0.3 is 0 Å². The van der Waals surface area contributed by atoms with Crippen LogP contribution in [0, 0.1) is 16.3 Å². The second kappa shape index (κ2) is 7.67. The van der Waals surface area contributed by atoms with E-state index in [1.54, 1.807) is 0 Å². The molecule has 1 saturated carbocycles. The van der Waals surface area contributed by atoms with Crippen molar-refractivity contribution in [1.82, 2.24) is 5.48 Å². The molecule has 1 aliphatic carbocycles. The predicted octanol–water partition coefficient (Wildman–Crippen LogP) is 4.32. The molecule has 8 heteroatoms. The number of anilines is 2. The van der Waals surface area contributed by atoms with Crippen LogP contribution in [0.25, 0.3) is 0 Å². The van der Waals surface area contributed by atoms with Crippen LogP contribution in [0.4, 0.5) is 15.8 Å². The van der Waals surface area contributed by atoms with Crippen LogP contribution in [0.2, 0.25) is 5.02 Å². The predicted molar refractivity (Wildman–Crippen MR) is 106 cm³/mol. The third-order valence-electron chi connectivity index (χ3n) is 4.10. The molecule has 1 amide bonds. The lowest BCUT2D eigenvalue weighted by molar-refractivity contribution is -0.0230. The van der Waals surface area contributed by atoms with Gasteiger partial charge in [0.15, 0.2) is 0 Å². The molecule has 0 radical (unpaired) electrons. The molecule has 0 bridgehead atoms. The van der Waals surface area contributed by atoms with E-state index in [0.29, 0.717) is 12.8 Å². The van der Waals surface area contributed by atoms with Gasteiger partial charge < -0.3 is 10.4 Å². The molecule has 5 nitrogen and oxygen atoms in total. The SMILES string of the molecule is Cc1cc(I)ccc1Nc1cc(F)c(Cl)cc1C(=O)NOCC1(O)CC1. The van der Waals surface area contributed by atoms with Crippen molar-refractivity contribution in [3.8, 4) is 0 Å². The van der Waals surface area contributed by atoms with E-state index in [2.05, 4.69) is 33.4 Å². The van der Waals surface area contributed by atoms with Crippen molar-refractivity contribution < 1.29 is 19.1 Å². The number of halogens is 3. The number of hydrogen-bond donors (Lipinski definition) is 3. The smallest absolute Gasteiger partial charge is 0.277 e. The van der Waals surface area contributed by atoms with Crippen molar-refractivity contribution in [2.75, 3.05) is 11.9 Å². The van der Waals surface area contributed by atoms with E-state index in [9.17, 15) is 14.3 Å². The third-order valence-corrected chi connectivity index (χ3v) is 5.06. The van der Waals surface area contributed by atoms with Gasteiger partial charge in [0, 0.05) is 9.26 Å². The highest BCUT2D eigenvalue weighted by Gasteiger charge is 2.41. The minimum atomic E-state index is -0.854. The lowest BCUT2D eigenvalue weighted by atomic mass is 10.1. The molecular formula is C18H17ClFIN2O3. The summed E-state index contributed by atoms with van der Waals surface area (Å²) in [5, 5.41) is 12.6. The number of benzene rings is 2. The molecule has 3 rings (SSSR count). The molecule has 0 heterocycles. The van der Waals surface area contributed by atoms with Gasteiger partial charge in [-0.2, -0.15) is 0 Å². The number of aryl methyl sites for hydroxylation is 1. The summed E-state index contributed by atoms with van der Waals surface area (Å²) >= 11 is 8.04. The summed E-state index contributed by atoms with van der Waals surface area (Å²) in [6, 6.07) is 8.13. The number of hydrogen-bond acceptors (Lipinski definition) is 4. The van der Waals surface area contributed by atoms with Crippen molar-refractivity contribution >= 4 is 51.5 Å². The number of carbonyl (C=O) groups is 1. The Kier molecular flexibility index (Phi) is 5.71. The number of nitrogens with one attached hydrogen (secondary N) is 2. The molecule has 2 aromatic carbocycles. The van der Waals surface area contributed by atoms with Gasteiger partial charge in [0.25, 0.3) is 5.91 Å². The fourth-order valence-corrected chi connectivity index (χ4v) is 3.14. The first-order valence-electron chi connectivity index (χ1n) is 7.94. The van der Waals surface area contributed by atoms with Crippen LogP contribution in [-0.2, 0) is 4.84 Å². The van der Waals surface area contributed by atoms with E-state index < -0.39 is 17.3 Å². The number of carbonyl (C=O) groups excluding carboxylic acids is 1. The Bertz CT molecular complexity index is 859. The van der Waals surface area contributed by atoms with E-state index in [1.807, 2.05) is 25.1 Å². The maximum Gasteiger partial charge on any atom is 0.277 e. The summed E-state index contributed by atoms with van der Waals surface area (Å²) in [6.07, 6.45) is 1.29. The van der Waals surface area contributed by atoms with Crippen molar-refractivity contribution in [3.63, 3.8) is 0 Å². The maximum atomic E-state index is 13.9. The highest BCUT2D eigenvalue weighted by molar-refractivity contribution is 14.1. The summed E-state index contributed by atoms with van der Waals surface area (Å²) in [7, 11) is 0. The normalized spacial score (nSPS) is 14.8. The molecule has 0 aliphatic heterocycles. The minimum Gasteiger partial charge on any atom is -0.387 e. The van der Waals surface area contributed by atoms with Crippen molar-refractivity contribution in [2.24, 2.45) is 0 Å². The average molecular weight is 491 g/mol. The van der Waals surface area contributed by atoms with Crippen molar-refractivity contribution in [2.45, 2.75) is 25.4 Å². The van der Waals surface area contributed by atoms with E-state index in [1.165, 1.54) is 12.1 Å². The number of rotatable bonds is 6. The number of aliphatic hydroxyl groups is 1. The first kappa shape index (κ1) is 19.3. The highest BCUT2D eigenvalue weighted by atomic mass is 127. The second-order valence-corrected chi connectivity index (χ2v) is 7.99. The molecule has 2 aromatic rings. The first-order valence-corrected chi connectivity index (χ1v) is 9.40. The lowest BCUT2D eigenvalue weighted by Gasteiger charge is -2.15. The fraction of sp³-hybridized carbons (Fsp3) is 0.278. The summed E-state index contributed by atoms with van der Waals surface area (Å²) in [5.74, 6) is -1.22. The molecule has 0 spiro atoms. The Morgan fingerprint density at radius 2 is 2.08 bits per heavy atom. The Morgan fingerprint density at radius 1 is 1.35 bits per heavy atom. The van der Waals surface area contributed by atoms with E-state index in [-0.39, 0.29) is 22.9 Å². The van der Waals surface area contributed by atoms with Crippen LogP contribution in [0.1, 0.15) is 28.8 Å². The van der Waals surface area contributed by atoms with E-state index in [0.717, 1.165) is 14.8 Å². The van der Waals surface area contributed by atoms with Gasteiger partial charge in [-0.3, -0.25) is 9.63 Å². The molecule has 0 unspecified atom stereocenters. The van der Waals surface area contributed by atoms with E-state index in [4.69, 9.17) is 16.4 Å². The summed E-state index contributed by atoms with van der Waals surface area (Å²) in [4.78, 5) is 17.5. The molecule has 0 aromatic heterocycles. The molecule has 1 fully saturated rings. The lowest BCUT2D eigenvalue weighted by Crippen LogP contribution is -2.29. The largest absolute Gasteiger partial charge is 0.387 e. The topological polar surface area (TPSA) is 70.6 Å². The quantitative estimate of drug-likeness (QED) is 0.417. The summed E-state index contributed by atoms with van der Waals surface area (Å²) < 4.78 is 15.0. The van der Waals surface area contributed by atoms with Gasteiger partial charge in [-0.1, -0.05) is 11.6 Å². The fourth-order valence-electron chi connectivity index (χ4n) is 2.33. The zero-order valence-electron chi connectivity index (χ0n) is 13.9. The third kappa shape index (κ3) is 4.64. The number of amides is 1. The molecule has 26 heavy (non-hydrogen) atoms. The minimum absolute atomic E-state index is 0.00661. The Morgan fingerprint density at radius 3 is 2.73 bits per heavy atom. The highest BCUT2D eigenvalue weighted by Crippen LogP contribution is 2.35. The van der Waals surface area contributed by atoms with Crippen molar-refractivity contribution in [3.05, 3.63) is 55.9 Å². The van der Waals surface area contributed by atoms with Crippen LogP contribution in [0.5, 0.6) is 0 Å². The van der Waals surface area contributed by atoms with Crippen LogP contribution >= 0.6 is 34.2 Å². The molecular weight excluding hydrogens is 474 g/mol. The zero-order valence-corrected chi connectivity index (χ0v) is 16.8. The molecule has 3 N–H and O–H groups in total. The Balaban J connectivity index is 1.81. The first-order chi connectivity index (χ1) is 12.3. The van der Waals surface area contributed by atoms with Gasteiger partial charge in [-0.05, 0) is 78.3 Å². The molecule has 1 aliphatic rings. The summed E-state index contributed by atoms with van der Waals surface area (Å²) in [5.41, 5.74) is 3.51. The van der Waals surface area contributed by atoms with Crippen LogP contribution in [-0.4, -0.2) is 23.2 Å². The van der Waals surface area contributed by atoms with E-state index >= 15 is 0 Å². The van der Waals surface area contributed by atoms with Gasteiger partial charge in [-0.15, -0.1) is 0 Å². The van der Waals surface area contributed by atoms with Gasteiger partial charge in [0.1, 0.15) is 12.4 Å². The Labute approximate surface area is 169 Å². The van der Waals surface area contributed by atoms with Crippen LogP contribution in [0.15, 0.2) is 30.3 Å². The van der Waals surface area contributed by atoms with Gasteiger partial charge in [0.2, 0.25) is 0 Å². The monoisotopic (exact) mass is 490 g/mol. The van der Waals surface area contributed by atoms with Gasteiger partial charge in [-0.25, -0.2) is 9.87 Å². The maximum absolute atomic E-state index is 13.9. The molecule has 0 atom stereocenters. The Hall–Kier alpha value is -1.42. The molecule has 0 saturated heterocycles. The number of hydroxylamine groups is 1. The van der Waals surface area contributed by atoms with Crippen LogP contribution < -0.4 is 10.8 Å². The second-order valence-electron chi connectivity index (χ2n) is 6.34. The van der Waals surface area contributed by atoms with Crippen LogP contribution in [0.3, 0.4) is 0 Å². The average Bonchev–Trinajstić information content (AvgIpc) is 3.30. The summed E-state index contributed by atoms with van der Waals surface area (Å²) in [6.45, 7) is 1.92. The molecule has 138 valence electrons. The van der Waals surface area contributed by atoms with Gasteiger partial charge in [0.05, 0.1) is 21.9 Å². The zero-order chi connectivity index (χ0) is 18.9. The standard InChI is InChI=1S/C18H17ClFIN2O3/c1-10-6-11(21)2-3-15(10)22-16-8-14(20)13(19)7-12(16)17(24)23-26-9-18(25)4-5-18/h2-3,6-8,22,25H,4-5,9H2,1H3,(H,23,24).